The molecule has 0 aromatic heterocycles. The van der Waals surface area contributed by atoms with E-state index in [1.807, 2.05) is 0 Å². The Hall–Kier alpha value is -0.0800. The van der Waals surface area contributed by atoms with Crippen LogP contribution in [0.1, 0.15) is 58.3 Å². The Kier molecular flexibility index (Phi) is 9.99. The van der Waals surface area contributed by atoms with E-state index >= 15 is 0 Å². The van der Waals surface area contributed by atoms with Gasteiger partial charge in [0.15, 0.2) is 5.96 Å². The summed E-state index contributed by atoms with van der Waals surface area (Å²) in [7, 11) is 2.23. The Labute approximate surface area is 177 Å². The largest absolute Gasteiger partial charge is 0.357 e. The number of guanidine groups is 1. The highest BCUT2D eigenvalue weighted by Crippen LogP contribution is 2.26. The number of hydrogen-bond acceptors (Lipinski definition) is 3. The van der Waals surface area contributed by atoms with Crippen LogP contribution in [0.25, 0.3) is 0 Å². The molecular formula is C20H40IN5. The van der Waals surface area contributed by atoms with Gasteiger partial charge in [-0.25, -0.2) is 0 Å². The number of piperidine rings is 2. The third kappa shape index (κ3) is 6.82. The van der Waals surface area contributed by atoms with Crippen LogP contribution in [0.15, 0.2) is 4.99 Å². The van der Waals surface area contributed by atoms with Gasteiger partial charge in [0.25, 0.3) is 0 Å². The van der Waals surface area contributed by atoms with Gasteiger partial charge in [0, 0.05) is 44.8 Å². The first-order valence-electron chi connectivity index (χ1n) is 10.7. The van der Waals surface area contributed by atoms with Crippen LogP contribution in [-0.4, -0.2) is 74.2 Å². The molecule has 0 radical (unpaired) electrons. The van der Waals surface area contributed by atoms with Crippen LogP contribution in [-0.2, 0) is 0 Å². The molecule has 0 amide bonds. The quantitative estimate of drug-likeness (QED) is 0.363. The third-order valence-electron chi connectivity index (χ3n) is 6.29. The molecule has 3 aliphatic rings. The monoisotopic (exact) mass is 477 g/mol. The van der Waals surface area contributed by atoms with E-state index < -0.39 is 0 Å². The molecule has 0 spiro atoms. The Morgan fingerprint density at radius 2 is 1.73 bits per heavy atom. The first-order chi connectivity index (χ1) is 12.2. The lowest BCUT2D eigenvalue weighted by Crippen LogP contribution is -2.50. The van der Waals surface area contributed by atoms with Crippen LogP contribution in [0.3, 0.4) is 0 Å². The van der Waals surface area contributed by atoms with Crippen molar-refractivity contribution in [1.29, 1.82) is 0 Å². The molecule has 152 valence electrons. The van der Waals surface area contributed by atoms with Gasteiger partial charge < -0.3 is 20.4 Å². The van der Waals surface area contributed by atoms with E-state index in [9.17, 15) is 0 Å². The van der Waals surface area contributed by atoms with Crippen molar-refractivity contribution in [3.63, 3.8) is 0 Å². The second-order valence-corrected chi connectivity index (χ2v) is 8.38. The van der Waals surface area contributed by atoms with Gasteiger partial charge in [-0.05, 0) is 65.0 Å². The van der Waals surface area contributed by atoms with Crippen molar-refractivity contribution in [2.45, 2.75) is 70.4 Å². The van der Waals surface area contributed by atoms with Crippen LogP contribution < -0.4 is 10.6 Å². The average Bonchev–Trinajstić information content (AvgIpc) is 3.15. The summed E-state index contributed by atoms with van der Waals surface area (Å²) >= 11 is 0. The normalized spacial score (nSPS) is 27.3. The van der Waals surface area contributed by atoms with E-state index in [1.165, 1.54) is 77.5 Å². The van der Waals surface area contributed by atoms with Crippen molar-refractivity contribution in [2.24, 2.45) is 10.9 Å². The van der Waals surface area contributed by atoms with Crippen molar-refractivity contribution in [3.05, 3.63) is 0 Å². The summed E-state index contributed by atoms with van der Waals surface area (Å²) in [6.07, 6.45) is 10.9. The summed E-state index contributed by atoms with van der Waals surface area (Å²) in [5, 5.41) is 7.18. The lowest BCUT2D eigenvalue weighted by Gasteiger charge is -2.36. The molecule has 3 rings (SSSR count). The van der Waals surface area contributed by atoms with Crippen LogP contribution in [0, 0.1) is 5.92 Å². The van der Waals surface area contributed by atoms with E-state index in [1.54, 1.807) is 0 Å². The van der Waals surface area contributed by atoms with Gasteiger partial charge in [-0.15, -0.1) is 24.0 Å². The van der Waals surface area contributed by atoms with Crippen molar-refractivity contribution in [3.8, 4) is 0 Å². The summed E-state index contributed by atoms with van der Waals surface area (Å²) in [5.74, 6) is 1.76. The first-order valence-corrected chi connectivity index (χ1v) is 10.7. The van der Waals surface area contributed by atoms with E-state index in [0.717, 1.165) is 31.0 Å². The smallest absolute Gasteiger partial charge is 0.191 e. The molecule has 26 heavy (non-hydrogen) atoms. The zero-order chi connectivity index (χ0) is 17.5. The summed E-state index contributed by atoms with van der Waals surface area (Å²) < 4.78 is 0. The lowest BCUT2D eigenvalue weighted by atomic mass is 9.99. The van der Waals surface area contributed by atoms with Crippen molar-refractivity contribution < 1.29 is 0 Å². The Bertz CT molecular complexity index is 416. The zero-order valence-electron chi connectivity index (χ0n) is 16.9. The predicted molar refractivity (Wildman–Crippen MR) is 122 cm³/mol. The van der Waals surface area contributed by atoms with E-state index in [0.29, 0.717) is 6.04 Å². The van der Waals surface area contributed by atoms with Gasteiger partial charge >= 0.3 is 0 Å². The molecule has 2 saturated heterocycles. The molecule has 0 aromatic carbocycles. The fraction of sp³-hybridized carbons (Fsp3) is 0.950. The molecule has 2 aliphatic heterocycles. The number of rotatable bonds is 5. The topological polar surface area (TPSA) is 42.9 Å². The fourth-order valence-corrected chi connectivity index (χ4v) is 4.83. The predicted octanol–water partition coefficient (Wildman–Crippen LogP) is 2.91. The maximum absolute atomic E-state index is 4.92. The molecule has 1 unspecified atom stereocenters. The number of aliphatic imine (C=N–C) groups is 1. The Balaban J connectivity index is 0.00000243. The third-order valence-corrected chi connectivity index (χ3v) is 6.29. The molecular weight excluding hydrogens is 437 g/mol. The lowest BCUT2D eigenvalue weighted by molar-refractivity contribution is 0.150. The summed E-state index contributed by atoms with van der Waals surface area (Å²) in [4.78, 5) is 10.1. The molecule has 3 fully saturated rings. The van der Waals surface area contributed by atoms with Crippen LogP contribution in [0.2, 0.25) is 0 Å². The molecule has 1 aliphatic carbocycles. The number of halogens is 1. The van der Waals surface area contributed by atoms with Crippen LogP contribution >= 0.6 is 24.0 Å². The minimum absolute atomic E-state index is 0. The zero-order valence-corrected chi connectivity index (χ0v) is 19.2. The number of likely N-dealkylation sites (tertiary alicyclic amines) is 2. The average molecular weight is 477 g/mol. The maximum Gasteiger partial charge on any atom is 0.191 e. The SMILES string of the molecule is CCNC(=NCC1CCCN(C)C1)NC1CCN(C2CCCC2)CC1.I. The highest BCUT2D eigenvalue weighted by atomic mass is 127. The van der Waals surface area contributed by atoms with Crippen LogP contribution in [0.5, 0.6) is 0 Å². The van der Waals surface area contributed by atoms with Gasteiger partial charge in [0.1, 0.15) is 0 Å². The number of nitrogens with zero attached hydrogens (tertiary/aromatic N) is 3. The van der Waals surface area contributed by atoms with E-state index in [-0.39, 0.29) is 24.0 Å². The highest BCUT2D eigenvalue weighted by molar-refractivity contribution is 14.0. The molecule has 1 saturated carbocycles. The molecule has 2 heterocycles. The highest BCUT2D eigenvalue weighted by Gasteiger charge is 2.27. The molecule has 1 atom stereocenters. The van der Waals surface area contributed by atoms with Crippen LogP contribution in [0.4, 0.5) is 0 Å². The maximum atomic E-state index is 4.92. The van der Waals surface area contributed by atoms with Gasteiger partial charge in [-0.2, -0.15) is 0 Å². The number of hydrogen-bond donors (Lipinski definition) is 2. The van der Waals surface area contributed by atoms with Gasteiger partial charge in [0.05, 0.1) is 0 Å². The van der Waals surface area contributed by atoms with Crippen molar-refractivity contribution in [1.82, 2.24) is 20.4 Å². The minimum atomic E-state index is 0. The molecule has 0 bridgehead atoms. The molecule has 0 aromatic rings. The summed E-state index contributed by atoms with van der Waals surface area (Å²) in [6, 6.07) is 1.47. The van der Waals surface area contributed by atoms with E-state index in [2.05, 4.69) is 34.4 Å². The van der Waals surface area contributed by atoms with E-state index in [4.69, 9.17) is 4.99 Å². The summed E-state index contributed by atoms with van der Waals surface area (Å²) in [5.41, 5.74) is 0. The van der Waals surface area contributed by atoms with Crippen molar-refractivity contribution in [2.75, 3.05) is 46.3 Å². The molecule has 2 N–H and O–H groups in total. The fourth-order valence-electron chi connectivity index (χ4n) is 4.83. The standard InChI is InChI=1S/C20H39N5.HI/c1-3-21-20(22-15-17-7-6-12-24(2)16-17)23-18-10-13-25(14-11-18)19-8-4-5-9-19;/h17-19H,3-16H2,1-2H3,(H2,21,22,23);1H. The Morgan fingerprint density at radius 1 is 1.00 bits per heavy atom. The van der Waals surface area contributed by atoms with Gasteiger partial charge in [-0.1, -0.05) is 12.8 Å². The summed E-state index contributed by atoms with van der Waals surface area (Å²) in [6.45, 7) is 9.03. The molecule has 6 heteroatoms. The van der Waals surface area contributed by atoms with Crippen molar-refractivity contribution >= 4 is 29.9 Å². The van der Waals surface area contributed by atoms with Gasteiger partial charge in [0.2, 0.25) is 0 Å². The number of nitrogens with one attached hydrogen (secondary N) is 2. The Morgan fingerprint density at radius 3 is 2.38 bits per heavy atom. The van der Waals surface area contributed by atoms with Gasteiger partial charge in [-0.3, -0.25) is 4.99 Å². The second-order valence-electron chi connectivity index (χ2n) is 8.38. The second kappa shape index (κ2) is 11.7. The minimum Gasteiger partial charge on any atom is -0.357 e. The first kappa shape index (κ1) is 22.2. The molecule has 5 nitrogen and oxygen atoms in total.